The molecule has 0 saturated carbocycles. The summed E-state index contributed by atoms with van der Waals surface area (Å²) in [6, 6.07) is 0.642. The SMILES string of the molecule is [2H]c1cc(F)c(Br)c([2H])c1N. The van der Waals surface area contributed by atoms with Gasteiger partial charge in [-0.2, -0.15) is 0 Å². The Morgan fingerprint density at radius 1 is 1.78 bits per heavy atom. The van der Waals surface area contributed by atoms with Crippen molar-refractivity contribution in [1.29, 1.82) is 0 Å². The quantitative estimate of drug-likeness (QED) is 0.626. The Morgan fingerprint density at radius 2 is 2.44 bits per heavy atom. The van der Waals surface area contributed by atoms with Crippen LogP contribution in [0, 0.1) is 5.82 Å². The van der Waals surface area contributed by atoms with Crippen molar-refractivity contribution in [2.24, 2.45) is 0 Å². The lowest BCUT2D eigenvalue weighted by molar-refractivity contribution is 0.621. The van der Waals surface area contributed by atoms with E-state index in [0.717, 1.165) is 6.07 Å². The molecule has 0 radical (unpaired) electrons. The maximum atomic E-state index is 12.7. The molecule has 9 heavy (non-hydrogen) atoms. The molecular weight excluding hydrogens is 185 g/mol. The largest absolute Gasteiger partial charge is 0.399 e. The van der Waals surface area contributed by atoms with E-state index in [1.165, 1.54) is 0 Å². The van der Waals surface area contributed by atoms with E-state index in [0.29, 0.717) is 0 Å². The summed E-state index contributed by atoms with van der Waals surface area (Å²) in [4.78, 5) is 0. The second-order valence-corrected chi connectivity index (χ2v) is 2.28. The van der Waals surface area contributed by atoms with Crippen molar-refractivity contribution >= 4 is 21.6 Å². The van der Waals surface area contributed by atoms with Gasteiger partial charge in [-0.25, -0.2) is 4.39 Å². The van der Waals surface area contributed by atoms with Gasteiger partial charge in [0.05, 0.1) is 7.21 Å². The van der Waals surface area contributed by atoms with Gasteiger partial charge in [0.15, 0.2) is 0 Å². The zero-order chi connectivity index (χ0) is 8.59. The molecule has 1 aromatic rings. The van der Waals surface area contributed by atoms with Crippen LogP contribution in [0.3, 0.4) is 0 Å². The Kier molecular flexibility index (Phi) is 1.12. The van der Waals surface area contributed by atoms with Crippen molar-refractivity contribution in [2.45, 2.75) is 0 Å². The molecule has 1 nitrogen and oxygen atoms in total. The van der Waals surface area contributed by atoms with E-state index in [1.807, 2.05) is 0 Å². The monoisotopic (exact) mass is 191 g/mol. The molecule has 0 fully saturated rings. The summed E-state index contributed by atoms with van der Waals surface area (Å²) >= 11 is 2.84. The van der Waals surface area contributed by atoms with Gasteiger partial charge in [-0.15, -0.1) is 0 Å². The van der Waals surface area contributed by atoms with Gasteiger partial charge in [0.25, 0.3) is 0 Å². The molecule has 1 rings (SSSR count). The van der Waals surface area contributed by atoms with E-state index in [-0.39, 0.29) is 22.2 Å². The van der Waals surface area contributed by atoms with E-state index in [2.05, 4.69) is 15.9 Å². The van der Waals surface area contributed by atoms with Crippen LogP contribution in [-0.2, 0) is 0 Å². The number of hydrogen-bond donors (Lipinski definition) is 1. The van der Waals surface area contributed by atoms with E-state index >= 15 is 0 Å². The van der Waals surface area contributed by atoms with Gasteiger partial charge in [0.1, 0.15) is 5.82 Å². The second-order valence-electron chi connectivity index (χ2n) is 1.49. The number of benzene rings is 1. The molecular formula is C6H5BrFN. The van der Waals surface area contributed by atoms with E-state index in [4.69, 9.17) is 8.48 Å². The van der Waals surface area contributed by atoms with Gasteiger partial charge in [0, 0.05) is 5.69 Å². The molecule has 2 N–H and O–H groups in total. The molecule has 0 saturated heterocycles. The number of hydrogen-bond acceptors (Lipinski definition) is 1. The summed E-state index contributed by atoms with van der Waals surface area (Å²) in [7, 11) is 0. The van der Waals surface area contributed by atoms with Gasteiger partial charge in [0.2, 0.25) is 0 Å². The highest BCUT2D eigenvalue weighted by Gasteiger charge is 1.95. The van der Waals surface area contributed by atoms with Crippen molar-refractivity contribution < 1.29 is 7.13 Å². The average molecular weight is 192 g/mol. The summed E-state index contributed by atoms with van der Waals surface area (Å²) < 4.78 is 27.0. The molecule has 0 atom stereocenters. The van der Waals surface area contributed by atoms with Crippen LogP contribution in [0.1, 0.15) is 2.74 Å². The first-order valence-corrected chi connectivity index (χ1v) is 3.04. The molecule has 0 spiro atoms. The van der Waals surface area contributed by atoms with Gasteiger partial charge in [-0.05, 0) is 34.1 Å². The molecule has 0 unspecified atom stereocenters. The molecule has 1 aromatic carbocycles. The van der Waals surface area contributed by atoms with Crippen LogP contribution in [0.5, 0.6) is 0 Å². The summed E-state index contributed by atoms with van der Waals surface area (Å²) in [5, 5.41) is 0. The average Bonchev–Trinajstić information content (AvgIpc) is 1.97. The fourth-order valence-corrected chi connectivity index (χ4v) is 0.747. The normalized spacial score (nSPS) is 12.7. The minimum atomic E-state index is -0.630. The van der Waals surface area contributed by atoms with Crippen molar-refractivity contribution in [3.8, 4) is 0 Å². The molecule has 0 aliphatic heterocycles. The molecule has 0 aliphatic rings. The van der Waals surface area contributed by atoms with E-state index < -0.39 is 5.82 Å². The highest BCUT2D eigenvalue weighted by Crippen LogP contribution is 2.17. The lowest BCUT2D eigenvalue weighted by Gasteiger charge is -1.93. The number of rotatable bonds is 0. The highest BCUT2D eigenvalue weighted by atomic mass is 79.9. The maximum Gasteiger partial charge on any atom is 0.137 e. The predicted molar refractivity (Wildman–Crippen MR) is 38.5 cm³/mol. The van der Waals surface area contributed by atoms with Crippen molar-refractivity contribution in [1.82, 2.24) is 0 Å². The topological polar surface area (TPSA) is 26.0 Å². The van der Waals surface area contributed by atoms with Crippen molar-refractivity contribution in [3.63, 3.8) is 0 Å². The lowest BCUT2D eigenvalue weighted by Crippen LogP contribution is -1.84. The lowest BCUT2D eigenvalue weighted by atomic mass is 10.3. The molecule has 48 valence electrons. The Morgan fingerprint density at radius 3 is 3.11 bits per heavy atom. The summed E-state index contributed by atoms with van der Waals surface area (Å²) in [6.07, 6.45) is 0. The van der Waals surface area contributed by atoms with E-state index in [9.17, 15) is 4.39 Å². The standard InChI is InChI=1S/C6H5BrFN/c7-5-3-4(9)1-2-6(5)8/h1-3H,9H2/i1D,3D. The van der Waals surface area contributed by atoms with Crippen LogP contribution in [0.2, 0.25) is 0 Å². The van der Waals surface area contributed by atoms with Gasteiger partial charge in [-0.1, -0.05) is 0 Å². The summed E-state index contributed by atoms with van der Waals surface area (Å²) in [5.41, 5.74) is 5.26. The second kappa shape index (κ2) is 2.35. The minimum absolute atomic E-state index is 0.00556. The third kappa shape index (κ3) is 1.42. The van der Waals surface area contributed by atoms with Crippen LogP contribution in [0.25, 0.3) is 0 Å². The summed E-state index contributed by atoms with van der Waals surface area (Å²) in [6.45, 7) is 0. The Balaban J connectivity index is 3.46. The van der Waals surface area contributed by atoms with Gasteiger partial charge >= 0.3 is 0 Å². The van der Waals surface area contributed by atoms with Gasteiger partial charge < -0.3 is 5.73 Å². The Hall–Kier alpha value is -0.570. The van der Waals surface area contributed by atoms with Crippen molar-refractivity contribution in [3.05, 3.63) is 28.4 Å². The molecule has 0 aliphatic carbocycles. The Bertz CT molecular complexity index is 277. The highest BCUT2D eigenvalue weighted by molar-refractivity contribution is 9.10. The molecule has 0 aromatic heterocycles. The van der Waals surface area contributed by atoms with Crippen LogP contribution in [0.15, 0.2) is 22.6 Å². The zero-order valence-corrected chi connectivity index (χ0v) is 6.00. The zero-order valence-electron chi connectivity index (χ0n) is 6.41. The third-order valence-corrected chi connectivity index (χ3v) is 1.39. The molecule has 0 amide bonds. The molecule has 0 heterocycles. The number of halogens is 2. The number of nitrogens with two attached hydrogens (primary N) is 1. The minimum Gasteiger partial charge on any atom is -0.399 e. The van der Waals surface area contributed by atoms with Gasteiger partial charge in [-0.3, -0.25) is 0 Å². The fraction of sp³-hybridized carbons (Fsp3) is 0. The summed E-state index contributed by atoms with van der Waals surface area (Å²) in [5.74, 6) is -0.630. The smallest absolute Gasteiger partial charge is 0.137 e. The predicted octanol–water partition coefficient (Wildman–Crippen LogP) is 2.17. The van der Waals surface area contributed by atoms with Crippen LogP contribution in [0.4, 0.5) is 10.1 Å². The first kappa shape index (κ1) is 4.28. The van der Waals surface area contributed by atoms with Crippen LogP contribution >= 0.6 is 15.9 Å². The van der Waals surface area contributed by atoms with Crippen LogP contribution in [-0.4, -0.2) is 0 Å². The number of anilines is 1. The maximum absolute atomic E-state index is 12.7. The Labute approximate surface area is 63.6 Å². The third-order valence-electron chi connectivity index (χ3n) is 0.808. The fourth-order valence-electron chi connectivity index (χ4n) is 0.419. The number of nitrogen functional groups attached to an aromatic ring is 1. The first-order chi connectivity index (χ1) is 5.04. The van der Waals surface area contributed by atoms with Crippen LogP contribution < -0.4 is 5.73 Å². The van der Waals surface area contributed by atoms with E-state index in [1.54, 1.807) is 0 Å². The first-order valence-electron chi connectivity index (χ1n) is 3.24. The van der Waals surface area contributed by atoms with Crippen molar-refractivity contribution in [2.75, 3.05) is 5.73 Å². The molecule has 3 heteroatoms. The molecule has 0 bridgehead atoms.